The fourth-order valence-corrected chi connectivity index (χ4v) is 7.75. The van der Waals surface area contributed by atoms with E-state index in [2.05, 4.69) is 41.8 Å². The maximum absolute atomic E-state index is 14.7. The van der Waals surface area contributed by atoms with Crippen molar-refractivity contribution in [2.75, 3.05) is 38.2 Å². The van der Waals surface area contributed by atoms with E-state index in [-0.39, 0.29) is 63.4 Å². The molecule has 64 heavy (non-hydrogen) atoms. The van der Waals surface area contributed by atoms with E-state index in [4.69, 9.17) is 21.6 Å². The van der Waals surface area contributed by atoms with Crippen LogP contribution in [-0.2, 0) is 41.6 Å². The lowest BCUT2D eigenvalue weighted by atomic mass is 9.85. The van der Waals surface area contributed by atoms with Gasteiger partial charge in [0.2, 0.25) is 35.4 Å². The molecule has 18 heteroatoms. The number of amides is 6. The number of benzene rings is 3. The number of hydrogen-bond acceptors (Lipinski definition) is 9. The molecule has 12 N–H and O–H groups in total. The molecule has 0 unspecified atom stereocenters. The number of methoxy groups -OCH3 is 1. The first-order valence-electron chi connectivity index (χ1n) is 21.6. The first-order chi connectivity index (χ1) is 30.8. The second-order valence-electron chi connectivity index (χ2n) is 16.0. The van der Waals surface area contributed by atoms with E-state index >= 15 is 0 Å². The summed E-state index contributed by atoms with van der Waals surface area (Å²) in [6.45, 7) is 2.56. The molecule has 3 aromatic carbocycles. The summed E-state index contributed by atoms with van der Waals surface area (Å²) < 4.78 is 5.43. The highest BCUT2D eigenvalue weighted by Crippen LogP contribution is 2.29. The van der Waals surface area contributed by atoms with Crippen LogP contribution in [0.2, 0.25) is 0 Å². The Balaban J connectivity index is 1.41. The molecule has 4 aromatic rings. The van der Waals surface area contributed by atoms with Gasteiger partial charge in [0.05, 0.1) is 13.7 Å². The van der Waals surface area contributed by atoms with Crippen molar-refractivity contribution in [1.82, 2.24) is 36.9 Å². The van der Waals surface area contributed by atoms with Gasteiger partial charge in [0.15, 0.2) is 5.96 Å². The highest BCUT2D eigenvalue weighted by Gasteiger charge is 2.44. The van der Waals surface area contributed by atoms with E-state index in [0.29, 0.717) is 25.3 Å². The Morgan fingerprint density at radius 2 is 1.50 bits per heavy atom. The largest absolute Gasteiger partial charge is 0.497 e. The SMILES string of the molecule is CCCCC(=O)NC1(C(=O)N[C@H](Cc2ccccc2)C(=O)N[C@@H](CCCNC(=N)N)C(=O)N[C@@H](Cc2c[nH]c3ccccc23)C(=O)NCC(N)=O)CCN(c2cccc(OC)c2)CC1. The normalized spacial score (nSPS) is 14.6. The first kappa shape index (κ1) is 47.9. The topological polar surface area (TPSA) is 279 Å². The summed E-state index contributed by atoms with van der Waals surface area (Å²) >= 11 is 0. The Morgan fingerprint density at radius 1 is 0.812 bits per heavy atom. The number of nitrogens with one attached hydrogen (secondary N) is 8. The number of rotatable bonds is 23. The maximum atomic E-state index is 14.7. The van der Waals surface area contributed by atoms with Crippen molar-refractivity contribution in [3.63, 3.8) is 0 Å². The van der Waals surface area contributed by atoms with Crippen LogP contribution >= 0.6 is 0 Å². The monoisotopic (exact) mass is 879 g/mol. The van der Waals surface area contributed by atoms with Crippen molar-refractivity contribution in [3.8, 4) is 5.75 Å². The Labute approximate surface area is 372 Å². The lowest BCUT2D eigenvalue weighted by Crippen LogP contribution is -2.66. The van der Waals surface area contributed by atoms with Crippen LogP contribution in [0.1, 0.15) is 63.0 Å². The Bertz CT molecular complexity index is 2240. The third-order valence-corrected chi connectivity index (χ3v) is 11.3. The lowest BCUT2D eigenvalue weighted by Gasteiger charge is -2.42. The van der Waals surface area contributed by atoms with Gasteiger partial charge in [-0.1, -0.05) is 67.9 Å². The van der Waals surface area contributed by atoms with Crippen molar-refractivity contribution in [3.05, 3.63) is 96.2 Å². The smallest absolute Gasteiger partial charge is 0.246 e. The fraction of sp³-hybridized carbons (Fsp3) is 0.413. The van der Waals surface area contributed by atoms with Gasteiger partial charge in [-0.25, -0.2) is 0 Å². The van der Waals surface area contributed by atoms with Gasteiger partial charge in [-0.2, -0.15) is 0 Å². The van der Waals surface area contributed by atoms with Crippen molar-refractivity contribution < 1.29 is 33.5 Å². The number of ether oxygens (including phenoxy) is 1. The number of aromatic amines is 1. The quantitative estimate of drug-likeness (QED) is 0.0292. The number of aromatic nitrogens is 1. The number of para-hydroxylation sites is 1. The zero-order chi connectivity index (χ0) is 46.1. The van der Waals surface area contributed by atoms with Crippen molar-refractivity contribution in [1.29, 1.82) is 5.41 Å². The summed E-state index contributed by atoms with van der Waals surface area (Å²) in [6, 6.07) is 20.5. The molecule has 1 aliphatic heterocycles. The summed E-state index contributed by atoms with van der Waals surface area (Å²) in [5.74, 6) is -3.21. The summed E-state index contributed by atoms with van der Waals surface area (Å²) in [7, 11) is 1.59. The number of H-pyrrole nitrogens is 1. The van der Waals surface area contributed by atoms with Crippen LogP contribution in [0.15, 0.2) is 85.1 Å². The molecular weight excluding hydrogens is 819 g/mol. The number of piperidine rings is 1. The standard InChI is InChI=1S/C46H61N11O7/c1-3-4-19-40(59)56-46(20-23-57(24-21-46)32-14-10-15-33(27-32)64-2)44(63)55-37(25-30-12-6-5-7-13-30)43(62)53-36(18-11-22-50-45(48)49)42(61)54-38(41(60)52-29-39(47)58)26-31-28-51-35-17-9-8-16-34(31)35/h5-10,12-17,27-28,36-38,51H,3-4,11,18-26,29H2,1-2H3,(H2,47,58)(H,52,60)(H,53,62)(H,54,61)(H,55,63)(H,56,59)(H4,48,49,50)/t36-,37+,38-/m0/s1. The van der Waals surface area contributed by atoms with Crippen LogP contribution in [0.3, 0.4) is 0 Å². The molecule has 0 radical (unpaired) electrons. The highest BCUT2D eigenvalue weighted by atomic mass is 16.5. The summed E-state index contributed by atoms with van der Waals surface area (Å²) in [6.07, 6.45) is 4.28. The molecule has 0 aliphatic carbocycles. The van der Waals surface area contributed by atoms with Crippen LogP contribution in [0.25, 0.3) is 10.9 Å². The predicted molar refractivity (Wildman–Crippen MR) is 244 cm³/mol. The van der Waals surface area contributed by atoms with E-state index < -0.39 is 59.7 Å². The van der Waals surface area contributed by atoms with E-state index in [1.165, 1.54) is 0 Å². The molecule has 0 saturated carbocycles. The number of fused-ring (bicyclic) bond motifs is 1. The molecule has 1 fully saturated rings. The predicted octanol–water partition coefficient (Wildman–Crippen LogP) is 1.63. The number of hydrogen-bond donors (Lipinski definition) is 10. The number of carbonyl (C=O) groups is 6. The number of unbranched alkanes of at least 4 members (excludes halogenated alkanes) is 1. The molecule has 1 aliphatic rings. The van der Waals surface area contributed by atoms with Gasteiger partial charge in [-0.15, -0.1) is 0 Å². The number of guanidine groups is 1. The average molecular weight is 880 g/mol. The van der Waals surface area contributed by atoms with Gasteiger partial charge in [0.1, 0.15) is 29.4 Å². The molecule has 0 bridgehead atoms. The van der Waals surface area contributed by atoms with Crippen LogP contribution in [0.4, 0.5) is 5.69 Å². The van der Waals surface area contributed by atoms with Crippen LogP contribution in [-0.4, -0.2) is 103 Å². The van der Waals surface area contributed by atoms with Crippen LogP contribution < -0.4 is 53.0 Å². The highest BCUT2D eigenvalue weighted by molar-refractivity contribution is 5.98. The van der Waals surface area contributed by atoms with Crippen LogP contribution in [0.5, 0.6) is 5.75 Å². The molecule has 3 atom stereocenters. The molecule has 342 valence electrons. The molecule has 2 heterocycles. The molecule has 6 amide bonds. The van der Waals surface area contributed by atoms with Crippen molar-refractivity contribution >= 4 is 58.0 Å². The van der Waals surface area contributed by atoms with Gasteiger partial charge in [-0.3, -0.25) is 34.2 Å². The van der Waals surface area contributed by atoms with Gasteiger partial charge in [-0.05, 0) is 61.4 Å². The molecular formula is C46H61N11O7. The minimum atomic E-state index is -1.35. The maximum Gasteiger partial charge on any atom is 0.246 e. The first-order valence-corrected chi connectivity index (χ1v) is 21.6. The Morgan fingerprint density at radius 3 is 2.20 bits per heavy atom. The lowest BCUT2D eigenvalue weighted by molar-refractivity contribution is -0.138. The average Bonchev–Trinajstić information content (AvgIpc) is 3.70. The Kier molecular flexibility index (Phi) is 17.5. The molecule has 18 nitrogen and oxygen atoms in total. The summed E-state index contributed by atoms with van der Waals surface area (Å²) in [4.78, 5) is 87.4. The number of primary amides is 1. The van der Waals surface area contributed by atoms with E-state index in [1.807, 2.05) is 85.8 Å². The third kappa shape index (κ3) is 13.7. The third-order valence-electron chi connectivity index (χ3n) is 11.3. The molecule has 1 saturated heterocycles. The fourth-order valence-electron chi connectivity index (χ4n) is 7.75. The van der Waals surface area contributed by atoms with E-state index in [1.54, 1.807) is 13.3 Å². The van der Waals surface area contributed by atoms with E-state index in [9.17, 15) is 28.8 Å². The van der Waals surface area contributed by atoms with Gasteiger partial charge in [0, 0.05) is 67.8 Å². The van der Waals surface area contributed by atoms with Gasteiger partial charge < -0.3 is 58.0 Å². The number of anilines is 1. The zero-order valence-electron chi connectivity index (χ0n) is 36.5. The second kappa shape index (κ2) is 23.4. The van der Waals surface area contributed by atoms with Crippen molar-refractivity contribution in [2.24, 2.45) is 11.5 Å². The molecule has 5 rings (SSSR count). The van der Waals surface area contributed by atoms with Crippen molar-refractivity contribution in [2.45, 2.75) is 88.4 Å². The van der Waals surface area contributed by atoms with Gasteiger partial charge in [0.25, 0.3) is 0 Å². The Hall–Kier alpha value is -7.11. The molecule has 1 aromatic heterocycles. The zero-order valence-corrected chi connectivity index (χ0v) is 36.5. The number of carbonyl (C=O) groups excluding carboxylic acids is 6. The molecule has 0 spiro atoms. The minimum absolute atomic E-state index is 0.0287. The minimum Gasteiger partial charge on any atom is -0.497 e. The summed E-state index contributed by atoms with van der Waals surface area (Å²) in [5, 5.41) is 25.2. The van der Waals surface area contributed by atoms with Gasteiger partial charge >= 0.3 is 0 Å². The second-order valence-corrected chi connectivity index (χ2v) is 16.0. The number of nitrogens with zero attached hydrogens (tertiary/aromatic N) is 1. The van der Waals surface area contributed by atoms with Crippen LogP contribution in [0, 0.1) is 5.41 Å². The summed E-state index contributed by atoms with van der Waals surface area (Å²) in [5.41, 5.74) is 12.7. The van der Waals surface area contributed by atoms with E-state index in [0.717, 1.165) is 34.1 Å². The number of nitrogens with two attached hydrogens (primary N) is 2.